The van der Waals surface area contributed by atoms with Crippen molar-refractivity contribution in [3.05, 3.63) is 24.3 Å². The monoisotopic (exact) mass is 302 g/mol. The Morgan fingerprint density at radius 1 is 1.26 bits per heavy atom. The van der Waals surface area contributed by atoms with Crippen LogP contribution in [-0.2, 0) is 10.0 Å². The van der Waals surface area contributed by atoms with Crippen LogP contribution in [-0.4, -0.2) is 45.3 Å². The van der Waals surface area contributed by atoms with Gasteiger partial charge >= 0.3 is 0 Å². The fourth-order valence-electron chi connectivity index (χ4n) is 2.09. The second-order valence-electron chi connectivity index (χ2n) is 4.87. The predicted molar refractivity (Wildman–Crippen MR) is 78.4 cm³/mol. The normalized spacial score (nSPS) is 15.8. The lowest BCUT2D eigenvalue weighted by molar-refractivity contribution is 0.520. The van der Waals surface area contributed by atoms with Crippen molar-refractivity contribution < 1.29 is 8.42 Å². The Kier molecular flexibility index (Phi) is 4.38. The molecule has 0 aromatic heterocycles. The quantitative estimate of drug-likeness (QED) is 0.756. The first-order valence-electron chi connectivity index (χ1n) is 6.32. The van der Waals surface area contributed by atoms with Gasteiger partial charge < -0.3 is 4.90 Å². The summed E-state index contributed by atoms with van der Waals surface area (Å²) in [5.41, 5.74) is 0.763. The summed E-state index contributed by atoms with van der Waals surface area (Å²) in [4.78, 5) is 2.47. The Bertz CT molecular complexity index is 541. The van der Waals surface area contributed by atoms with Gasteiger partial charge in [-0.25, -0.2) is 12.7 Å². The highest BCUT2D eigenvalue weighted by molar-refractivity contribution is 7.89. The zero-order valence-electron chi connectivity index (χ0n) is 11.2. The number of hydrogen-bond acceptors (Lipinski definition) is 3. The molecule has 1 saturated carbocycles. The van der Waals surface area contributed by atoms with Gasteiger partial charge in [-0.15, -0.1) is 11.6 Å². The molecule has 0 amide bonds. The summed E-state index contributed by atoms with van der Waals surface area (Å²) in [6.07, 6.45) is 2.21. The standard InChI is InChI=1S/C13H19ClN2O2S/c1-15(2)19(17,18)13-6-4-3-5-12(13)16(10-9-14)11-7-8-11/h3-6,11H,7-10H2,1-2H3. The zero-order chi connectivity index (χ0) is 14.0. The van der Waals surface area contributed by atoms with Crippen LogP contribution in [0.25, 0.3) is 0 Å². The predicted octanol–water partition coefficient (Wildman–Crippen LogP) is 2.14. The van der Waals surface area contributed by atoms with Crippen LogP contribution in [0.3, 0.4) is 0 Å². The van der Waals surface area contributed by atoms with E-state index >= 15 is 0 Å². The van der Waals surface area contributed by atoms with E-state index in [0.717, 1.165) is 18.5 Å². The minimum atomic E-state index is -3.43. The minimum absolute atomic E-state index is 0.358. The largest absolute Gasteiger partial charge is 0.366 e. The third-order valence-corrected chi connectivity index (χ3v) is 5.28. The van der Waals surface area contributed by atoms with Gasteiger partial charge in [0.05, 0.1) is 5.69 Å². The number of hydrogen-bond donors (Lipinski definition) is 0. The summed E-state index contributed by atoms with van der Waals surface area (Å²) in [7, 11) is -0.327. The number of anilines is 1. The van der Waals surface area contributed by atoms with Gasteiger partial charge in [0.25, 0.3) is 0 Å². The Balaban J connectivity index is 2.46. The van der Waals surface area contributed by atoms with E-state index in [1.807, 2.05) is 12.1 Å². The zero-order valence-corrected chi connectivity index (χ0v) is 12.8. The van der Waals surface area contributed by atoms with E-state index in [9.17, 15) is 8.42 Å². The molecule has 19 heavy (non-hydrogen) atoms. The molecule has 0 saturated heterocycles. The SMILES string of the molecule is CN(C)S(=O)(=O)c1ccccc1N(CCCl)C1CC1. The number of alkyl halides is 1. The van der Waals surface area contributed by atoms with Gasteiger partial charge in [0.1, 0.15) is 4.90 Å². The van der Waals surface area contributed by atoms with Gasteiger partial charge in [-0.3, -0.25) is 0 Å². The minimum Gasteiger partial charge on any atom is -0.366 e. The molecule has 0 bridgehead atoms. The number of nitrogens with zero attached hydrogens (tertiary/aromatic N) is 2. The maximum atomic E-state index is 12.4. The van der Waals surface area contributed by atoms with E-state index in [0.29, 0.717) is 23.4 Å². The van der Waals surface area contributed by atoms with Crippen LogP contribution in [0.4, 0.5) is 5.69 Å². The average Bonchev–Trinajstić information content (AvgIpc) is 3.20. The summed E-state index contributed by atoms with van der Waals surface area (Å²) in [5, 5.41) is 0. The molecule has 0 N–H and O–H groups in total. The molecule has 0 radical (unpaired) electrons. The number of rotatable bonds is 6. The lowest BCUT2D eigenvalue weighted by atomic mass is 10.3. The number of para-hydroxylation sites is 1. The van der Waals surface area contributed by atoms with E-state index < -0.39 is 10.0 Å². The summed E-state index contributed by atoms with van der Waals surface area (Å²) in [6.45, 7) is 0.673. The van der Waals surface area contributed by atoms with Crippen LogP contribution in [0, 0.1) is 0 Å². The summed E-state index contributed by atoms with van der Waals surface area (Å²) in [6, 6.07) is 7.58. The van der Waals surface area contributed by atoms with Crippen molar-refractivity contribution >= 4 is 27.3 Å². The molecule has 106 valence electrons. The third kappa shape index (κ3) is 3.04. The van der Waals surface area contributed by atoms with Gasteiger partial charge in [-0.05, 0) is 25.0 Å². The van der Waals surface area contributed by atoms with Gasteiger partial charge in [0.15, 0.2) is 0 Å². The topological polar surface area (TPSA) is 40.6 Å². The Morgan fingerprint density at radius 3 is 2.42 bits per heavy atom. The second kappa shape index (κ2) is 5.69. The Labute approximate surface area is 120 Å². The van der Waals surface area contributed by atoms with Crippen molar-refractivity contribution in [3.8, 4) is 0 Å². The maximum Gasteiger partial charge on any atom is 0.244 e. The highest BCUT2D eigenvalue weighted by Crippen LogP contribution is 2.35. The first-order valence-corrected chi connectivity index (χ1v) is 8.30. The molecule has 6 heteroatoms. The van der Waals surface area contributed by atoms with Crippen molar-refractivity contribution in [1.82, 2.24) is 4.31 Å². The molecule has 1 aliphatic carbocycles. The molecule has 1 aromatic carbocycles. The van der Waals surface area contributed by atoms with Crippen molar-refractivity contribution in [3.63, 3.8) is 0 Å². The van der Waals surface area contributed by atoms with Gasteiger partial charge in [-0.1, -0.05) is 12.1 Å². The summed E-state index contributed by atoms with van der Waals surface area (Å²) >= 11 is 5.85. The fourth-order valence-corrected chi connectivity index (χ4v) is 3.36. The van der Waals surface area contributed by atoms with Crippen LogP contribution in [0.15, 0.2) is 29.2 Å². The summed E-state index contributed by atoms with van der Waals surface area (Å²) < 4.78 is 26.0. The molecular formula is C13H19ClN2O2S. The molecule has 0 aliphatic heterocycles. The van der Waals surface area contributed by atoms with Crippen LogP contribution in [0.5, 0.6) is 0 Å². The van der Waals surface area contributed by atoms with Crippen LogP contribution >= 0.6 is 11.6 Å². The average molecular weight is 303 g/mol. The Morgan fingerprint density at radius 2 is 1.89 bits per heavy atom. The Hall–Kier alpha value is -0.780. The van der Waals surface area contributed by atoms with Crippen LogP contribution < -0.4 is 4.90 Å². The number of sulfonamides is 1. The first kappa shape index (κ1) is 14.6. The molecule has 1 aromatic rings. The number of benzene rings is 1. The van der Waals surface area contributed by atoms with Crippen molar-refractivity contribution in [2.45, 2.75) is 23.8 Å². The lowest BCUT2D eigenvalue weighted by Gasteiger charge is -2.27. The molecule has 0 unspecified atom stereocenters. The van der Waals surface area contributed by atoms with Gasteiger partial charge in [0.2, 0.25) is 10.0 Å². The van der Waals surface area contributed by atoms with Crippen molar-refractivity contribution in [1.29, 1.82) is 0 Å². The molecule has 1 aliphatic rings. The fraction of sp³-hybridized carbons (Fsp3) is 0.538. The smallest absolute Gasteiger partial charge is 0.244 e. The molecule has 2 rings (SSSR count). The number of halogens is 1. The van der Waals surface area contributed by atoms with Gasteiger partial charge in [-0.2, -0.15) is 0 Å². The highest BCUT2D eigenvalue weighted by Gasteiger charge is 2.32. The van der Waals surface area contributed by atoms with Crippen molar-refractivity contribution in [2.75, 3.05) is 31.4 Å². The van der Waals surface area contributed by atoms with Crippen LogP contribution in [0.1, 0.15) is 12.8 Å². The first-order chi connectivity index (χ1) is 8.98. The van der Waals surface area contributed by atoms with Gasteiger partial charge in [0, 0.05) is 32.6 Å². The van der Waals surface area contributed by atoms with Crippen LogP contribution in [0.2, 0.25) is 0 Å². The van der Waals surface area contributed by atoms with E-state index in [2.05, 4.69) is 4.90 Å². The maximum absolute atomic E-state index is 12.4. The lowest BCUT2D eigenvalue weighted by Crippen LogP contribution is -2.31. The molecular weight excluding hydrogens is 284 g/mol. The second-order valence-corrected chi connectivity index (χ2v) is 7.37. The van der Waals surface area contributed by atoms with E-state index in [1.165, 1.54) is 4.31 Å². The van der Waals surface area contributed by atoms with E-state index in [4.69, 9.17) is 11.6 Å². The van der Waals surface area contributed by atoms with Crippen molar-refractivity contribution in [2.24, 2.45) is 0 Å². The molecule has 0 spiro atoms. The molecule has 0 atom stereocenters. The highest BCUT2D eigenvalue weighted by atomic mass is 35.5. The third-order valence-electron chi connectivity index (χ3n) is 3.25. The molecule has 4 nitrogen and oxygen atoms in total. The van der Waals surface area contributed by atoms with E-state index in [-0.39, 0.29) is 0 Å². The molecule has 0 heterocycles. The van der Waals surface area contributed by atoms with E-state index in [1.54, 1.807) is 26.2 Å². The molecule has 1 fully saturated rings. The summed E-state index contributed by atoms with van der Waals surface area (Å²) in [5.74, 6) is 0.493.